The zero-order valence-electron chi connectivity index (χ0n) is 22.8. The van der Waals surface area contributed by atoms with E-state index in [9.17, 15) is 19.1 Å². The summed E-state index contributed by atoms with van der Waals surface area (Å²) in [5.41, 5.74) is 3.02. The first-order valence-corrected chi connectivity index (χ1v) is 13.7. The molecule has 2 aromatic rings. The van der Waals surface area contributed by atoms with Gasteiger partial charge in [-0.2, -0.15) is 0 Å². The molecule has 2 aliphatic rings. The molecule has 2 fully saturated rings. The zero-order valence-corrected chi connectivity index (χ0v) is 22.8. The Morgan fingerprint density at radius 1 is 1.24 bits per heavy atom. The summed E-state index contributed by atoms with van der Waals surface area (Å²) in [6.45, 7) is 11.0. The number of carbonyl (C=O) groups is 2. The number of carbonyl (C=O) groups excluding carboxylic acids is 1. The number of carboxylic acids is 1. The van der Waals surface area contributed by atoms with Crippen LogP contribution >= 0.6 is 0 Å². The predicted molar refractivity (Wildman–Crippen MR) is 141 cm³/mol. The maximum Gasteiger partial charge on any atom is 0.303 e. The molecule has 2 aliphatic carbocycles. The molecule has 0 saturated heterocycles. The molecule has 1 atom stereocenters. The minimum absolute atomic E-state index is 0.0366. The minimum Gasteiger partial charge on any atom is -0.481 e. The van der Waals surface area contributed by atoms with E-state index in [4.69, 9.17) is 0 Å². The van der Waals surface area contributed by atoms with Gasteiger partial charge in [-0.3, -0.25) is 9.59 Å². The lowest BCUT2D eigenvalue weighted by molar-refractivity contribution is -0.137. The van der Waals surface area contributed by atoms with Crippen LogP contribution in [0.15, 0.2) is 18.2 Å². The van der Waals surface area contributed by atoms with E-state index >= 15 is 0 Å². The predicted octanol–water partition coefficient (Wildman–Crippen LogP) is 6.60. The van der Waals surface area contributed by atoms with Gasteiger partial charge in [-0.1, -0.05) is 39.0 Å². The van der Waals surface area contributed by atoms with E-state index in [0.29, 0.717) is 29.2 Å². The molecule has 1 amide bonds. The zero-order chi connectivity index (χ0) is 26.9. The fourth-order valence-corrected chi connectivity index (χ4v) is 5.45. The molecular formula is C29H41FN4O3. The van der Waals surface area contributed by atoms with Crippen molar-refractivity contribution in [2.75, 3.05) is 5.32 Å². The van der Waals surface area contributed by atoms with E-state index < -0.39 is 11.8 Å². The van der Waals surface area contributed by atoms with Crippen LogP contribution in [0.1, 0.15) is 114 Å². The van der Waals surface area contributed by atoms with Crippen molar-refractivity contribution in [2.24, 2.45) is 17.3 Å². The lowest BCUT2D eigenvalue weighted by Crippen LogP contribution is -2.33. The normalized spacial score (nSPS) is 20.5. The van der Waals surface area contributed by atoms with Crippen molar-refractivity contribution in [2.45, 2.75) is 104 Å². The molecular weight excluding hydrogens is 471 g/mol. The average Bonchev–Trinajstić information content (AvgIpc) is 3.53. The standard InChI is InChI=1S/C29H41FN4O3/c1-17(2)29(4,5)16-19-13-22(14-19)34-28(20-7-8-20)27(32-33-34)21(9-11-26(36)37)15-25(35)31-24-10-6-18(3)12-23(24)30/h6,10,12,17,19-22H,7-9,11,13-16H2,1-5H3,(H,31,35)(H,36,37)/t19?,21-,22?/m0/s1. The van der Waals surface area contributed by atoms with E-state index in [2.05, 4.69) is 48.0 Å². The fraction of sp³-hybridized carbons (Fsp3) is 0.655. The van der Waals surface area contributed by atoms with Gasteiger partial charge in [0.25, 0.3) is 0 Å². The number of aromatic nitrogens is 3. The molecule has 2 saturated carbocycles. The van der Waals surface area contributed by atoms with Gasteiger partial charge >= 0.3 is 5.97 Å². The van der Waals surface area contributed by atoms with E-state index in [-0.39, 0.29) is 36.8 Å². The summed E-state index contributed by atoms with van der Waals surface area (Å²) in [5.74, 6) is -0.480. The summed E-state index contributed by atoms with van der Waals surface area (Å²) >= 11 is 0. The number of halogens is 1. The van der Waals surface area contributed by atoms with Gasteiger partial charge in [-0.15, -0.1) is 5.10 Å². The van der Waals surface area contributed by atoms with Crippen molar-refractivity contribution in [3.8, 4) is 0 Å². The first-order chi connectivity index (χ1) is 17.4. The first-order valence-electron chi connectivity index (χ1n) is 13.7. The van der Waals surface area contributed by atoms with Gasteiger partial charge in [-0.05, 0) is 80.4 Å². The topological polar surface area (TPSA) is 97.1 Å². The Morgan fingerprint density at radius 2 is 1.95 bits per heavy atom. The van der Waals surface area contributed by atoms with Crippen LogP contribution in [0, 0.1) is 30.0 Å². The highest BCUT2D eigenvalue weighted by Crippen LogP contribution is 2.50. The van der Waals surface area contributed by atoms with Gasteiger partial charge in [0.1, 0.15) is 5.82 Å². The van der Waals surface area contributed by atoms with Crippen molar-refractivity contribution >= 4 is 17.6 Å². The van der Waals surface area contributed by atoms with Crippen LogP contribution in [0.2, 0.25) is 0 Å². The molecule has 4 rings (SSSR count). The number of rotatable bonds is 12. The van der Waals surface area contributed by atoms with Gasteiger partial charge in [0.2, 0.25) is 5.91 Å². The molecule has 0 unspecified atom stereocenters. The smallest absolute Gasteiger partial charge is 0.303 e. The molecule has 0 aliphatic heterocycles. The van der Waals surface area contributed by atoms with Crippen LogP contribution in [0.5, 0.6) is 0 Å². The van der Waals surface area contributed by atoms with Crippen LogP contribution < -0.4 is 5.32 Å². The summed E-state index contributed by atoms with van der Waals surface area (Å²) in [4.78, 5) is 24.3. The van der Waals surface area contributed by atoms with E-state index in [1.54, 1.807) is 19.1 Å². The summed E-state index contributed by atoms with van der Waals surface area (Å²) in [6.07, 6.45) is 5.72. The van der Waals surface area contributed by atoms with Gasteiger partial charge in [0.15, 0.2) is 0 Å². The number of amides is 1. The maximum absolute atomic E-state index is 14.3. The number of nitrogens with one attached hydrogen (secondary N) is 1. The Hall–Kier alpha value is -2.77. The largest absolute Gasteiger partial charge is 0.481 e. The SMILES string of the molecule is Cc1ccc(NC(=O)C[C@H](CCC(=O)O)c2nnn(C3CC(CC(C)(C)C(C)C)C3)c2C2CC2)c(F)c1. The monoisotopic (exact) mass is 512 g/mol. The maximum atomic E-state index is 14.3. The van der Waals surface area contributed by atoms with Crippen LogP contribution in [0.25, 0.3) is 0 Å². The van der Waals surface area contributed by atoms with Crippen LogP contribution in [0.3, 0.4) is 0 Å². The van der Waals surface area contributed by atoms with Crippen molar-refractivity contribution in [1.82, 2.24) is 15.0 Å². The number of hydrogen-bond donors (Lipinski definition) is 2. The number of hydrogen-bond acceptors (Lipinski definition) is 4. The van der Waals surface area contributed by atoms with Crippen molar-refractivity contribution < 1.29 is 19.1 Å². The quantitative estimate of drug-likeness (QED) is 0.334. The van der Waals surface area contributed by atoms with E-state index in [1.165, 1.54) is 12.5 Å². The second kappa shape index (κ2) is 10.9. The molecule has 1 aromatic heterocycles. The molecule has 1 aromatic carbocycles. The Bertz CT molecular complexity index is 1130. The molecule has 8 heteroatoms. The number of anilines is 1. The third-order valence-corrected chi connectivity index (χ3v) is 8.58. The van der Waals surface area contributed by atoms with Crippen molar-refractivity contribution in [3.05, 3.63) is 41.0 Å². The summed E-state index contributed by atoms with van der Waals surface area (Å²) in [6, 6.07) is 4.97. The third-order valence-electron chi connectivity index (χ3n) is 8.58. The Kier molecular flexibility index (Phi) is 8.05. The second-order valence-corrected chi connectivity index (χ2v) is 12.3. The van der Waals surface area contributed by atoms with Crippen molar-refractivity contribution in [1.29, 1.82) is 0 Å². The van der Waals surface area contributed by atoms with Crippen molar-refractivity contribution in [3.63, 3.8) is 0 Å². The Balaban J connectivity index is 1.50. The Labute approximate surface area is 219 Å². The lowest BCUT2D eigenvalue weighted by Gasteiger charge is -2.42. The van der Waals surface area contributed by atoms with Gasteiger partial charge < -0.3 is 10.4 Å². The lowest BCUT2D eigenvalue weighted by atomic mass is 9.67. The molecule has 37 heavy (non-hydrogen) atoms. The molecule has 7 nitrogen and oxygen atoms in total. The van der Waals surface area contributed by atoms with Crippen LogP contribution in [0.4, 0.5) is 10.1 Å². The molecule has 0 radical (unpaired) electrons. The summed E-state index contributed by atoms with van der Waals surface area (Å²) in [5, 5.41) is 21.1. The molecule has 0 bridgehead atoms. The third kappa shape index (κ3) is 6.57. The van der Waals surface area contributed by atoms with E-state index in [1.807, 2.05) is 0 Å². The highest BCUT2D eigenvalue weighted by Gasteiger charge is 2.41. The van der Waals surface area contributed by atoms with Crippen LogP contribution in [-0.2, 0) is 9.59 Å². The van der Waals surface area contributed by atoms with Gasteiger partial charge in [0.05, 0.1) is 23.1 Å². The minimum atomic E-state index is -0.912. The number of aliphatic carboxylic acids is 1. The Morgan fingerprint density at radius 3 is 2.54 bits per heavy atom. The molecule has 2 N–H and O–H groups in total. The first kappa shape index (κ1) is 27.3. The fourth-order valence-electron chi connectivity index (χ4n) is 5.45. The van der Waals surface area contributed by atoms with E-state index in [0.717, 1.165) is 42.6 Å². The summed E-state index contributed by atoms with van der Waals surface area (Å²) < 4.78 is 16.4. The molecule has 1 heterocycles. The average molecular weight is 513 g/mol. The van der Waals surface area contributed by atoms with Crippen LogP contribution in [-0.4, -0.2) is 32.0 Å². The molecule has 0 spiro atoms. The van der Waals surface area contributed by atoms with Gasteiger partial charge in [-0.25, -0.2) is 9.07 Å². The number of nitrogens with zero attached hydrogens (tertiary/aromatic N) is 3. The number of benzene rings is 1. The highest BCUT2D eigenvalue weighted by atomic mass is 19.1. The number of carboxylic acid groups (broad SMARTS) is 1. The highest BCUT2D eigenvalue weighted by molar-refractivity contribution is 5.91. The molecule has 202 valence electrons. The summed E-state index contributed by atoms with van der Waals surface area (Å²) in [7, 11) is 0. The second-order valence-electron chi connectivity index (χ2n) is 12.3. The number of aryl methyl sites for hydroxylation is 1. The van der Waals surface area contributed by atoms with Gasteiger partial charge in [0, 0.05) is 24.7 Å².